The maximum absolute atomic E-state index is 2.66. The van der Waals surface area contributed by atoms with E-state index in [1.807, 2.05) is 0 Å². The average molecular weight is 759 g/mol. The molecule has 0 aromatic heterocycles. The van der Waals surface area contributed by atoms with Crippen molar-refractivity contribution in [3.05, 3.63) is 203 Å². The third-order valence-corrected chi connectivity index (χ3v) is 14.3. The summed E-state index contributed by atoms with van der Waals surface area (Å²) in [5.41, 5.74) is 18.2. The van der Waals surface area contributed by atoms with Gasteiger partial charge in [0.15, 0.2) is 0 Å². The monoisotopic (exact) mass is 758 g/mol. The number of para-hydroxylation sites is 2. The van der Waals surface area contributed by atoms with Crippen molar-refractivity contribution in [2.75, 3.05) is 9.80 Å². The second kappa shape index (κ2) is 11.7. The summed E-state index contributed by atoms with van der Waals surface area (Å²) in [6.07, 6.45) is 0. The van der Waals surface area contributed by atoms with Gasteiger partial charge in [0.05, 0.1) is 28.4 Å². The Morgan fingerprint density at radius 3 is 1.31 bits per heavy atom. The Morgan fingerprint density at radius 2 is 0.763 bits per heavy atom. The van der Waals surface area contributed by atoms with Crippen LogP contribution in [0.25, 0.3) is 43.4 Å². The van der Waals surface area contributed by atoms with Crippen LogP contribution in [0.4, 0.5) is 34.1 Å². The van der Waals surface area contributed by atoms with Crippen molar-refractivity contribution in [2.45, 2.75) is 57.8 Å². The summed E-state index contributed by atoms with van der Waals surface area (Å²) >= 11 is 0. The highest BCUT2D eigenvalue weighted by Gasteiger charge is 2.51. The van der Waals surface area contributed by atoms with Gasteiger partial charge in [0.25, 0.3) is 0 Å². The second-order valence-corrected chi connectivity index (χ2v) is 18.6. The molecule has 2 nitrogen and oxygen atoms in total. The van der Waals surface area contributed by atoms with Gasteiger partial charge >= 0.3 is 0 Å². The van der Waals surface area contributed by atoms with E-state index >= 15 is 0 Å². The molecule has 9 aromatic rings. The SMILES string of the molecule is CC1(C)c2cccc3c2N2c4c1cccc4C(C)(C)c1cc(-c4ccc5cc(N(c6cccc7ccccc67)c6cccc7ccccc67)ccc5c4)cc(c12)C3(C)C. The molecule has 0 amide bonds. The average Bonchev–Trinajstić information content (AvgIpc) is 3.25. The van der Waals surface area contributed by atoms with Crippen molar-refractivity contribution in [2.24, 2.45) is 0 Å². The Balaban J connectivity index is 1.03. The molecule has 0 fully saturated rings. The van der Waals surface area contributed by atoms with Crippen molar-refractivity contribution >= 4 is 66.4 Å². The Bertz CT molecular complexity index is 3090. The molecule has 0 saturated heterocycles. The zero-order chi connectivity index (χ0) is 40.0. The molecule has 0 aliphatic carbocycles. The maximum Gasteiger partial charge on any atom is 0.0544 e. The van der Waals surface area contributed by atoms with E-state index in [9.17, 15) is 0 Å². The summed E-state index contributed by atoms with van der Waals surface area (Å²) in [7, 11) is 0. The summed E-state index contributed by atoms with van der Waals surface area (Å²) in [5, 5.41) is 7.37. The van der Waals surface area contributed by atoms with Crippen molar-refractivity contribution in [1.82, 2.24) is 0 Å². The minimum Gasteiger partial charge on any atom is -0.309 e. The third kappa shape index (κ3) is 4.58. The lowest BCUT2D eigenvalue weighted by atomic mass is 9.60. The van der Waals surface area contributed by atoms with Gasteiger partial charge in [-0.3, -0.25) is 0 Å². The molecule has 59 heavy (non-hydrogen) atoms. The highest BCUT2D eigenvalue weighted by molar-refractivity contribution is 6.06. The smallest absolute Gasteiger partial charge is 0.0544 e. The van der Waals surface area contributed by atoms with Crippen molar-refractivity contribution in [3.8, 4) is 11.1 Å². The summed E-state index contributed by atoms with van der Waals surface area (Å²) < 4.78 is 0. The lowest BCUT2D eigenvalue weighted by Gasteiger charge is -2.55. The molecular weight excluding hydrogens is 713 g/mol. The predicted molar refractivity (Wildman–Crippen MR) is 250 cm³/mol. The number of fused-ring (bicyclic) bond motifs is 3. The van der Waals surface area contributed by atoms with Gasteiger partial charge in [-0.2, -0.15) is 0 Å². The predicted octanol–water partition coefficient (Wildman–Crippen LogP) is 15.7. The number of anilines is 6. The molecule has 0 radical (unpaired) electrons. The van der Waals surface area contributed by atoms with Crippen LogP contribution >= 0.6 is 0 Å². The molecule has 9 aromatic carbocycles. The fraction of sp³-hybridized carbons (Fsp3) is 0.158. The standard InChI is InChI=1S/C57H46N2/c1-55(2)44-21-13-23-46-52(44)59-53-45(55)22-14-24-47(53)57(5,6)49-34-40(33-48(54(49)59)56(46,3)4)38-27-28-39-32-41(30-29-37(39)31-38)58(50-25-11-17-35-15-7-9-19-42(35)50)51-26-12-18-36-16-8-10-20-43(36)51/h7-34H,1-6H3. The fourth-order valence-electron chi connectivity index (χ4n) is 11.1. The second-order valence-electron chi connectivity index (χ2n) is 18.6. The first-order chi connectivity index (χ1) is 28.5. The number of benzene rings is 9. The quantitative estimate of drug-likeness (QED) is 0.176. The van der Waals surface area contributed by atoms with Crippen LogP contribution in [-0.4, -0.2) is 0 Å². The van der Waals surface area contributed by atoms with Crippen LogP contribution in [0, 0.1) is 0 Å². The molecule has 284 valence electrons. The minimum absolute atomic E-state index is 0.0972. The van der Waals surface area contributed by atoms with Gasteiger partial charge in [0, 0.05) is 32.7 Å². The lowest BCUT2D eigenvalue weighted by Crippen LogP contribution is -2.43. The summed E-state index contributed by atoms with van der Waals surface area (Å²) in [5.74, 6) is 0. The summed E-state index contributed by atoms with van der Waals surface area (Å²) in [4.78, 5) is 5.11. The van der Waals surface area contributed by atoms with Gasteiger partial charge in [-0.1, -0.05) is 169 Å². The lowest BCUT2D eigenvalue weighted by molar-refractivity contribution is 0.567. The van der Waals surface area contributed by atoms with Crippen molar-refractivity contribution in [3.63, 3.8) is 0 Å². The van der Waals surface area contributed by atoms with E-state index in [4.69, 9.17) is 0 Å². The molecule has 3 aliphatic heterocycles. The van der Waals surface area contributed by atoms with E-state index in [0.29, 0.717) is 0 Å². The molecule has 0 atom stereocenters. The van der Waals surface area contributed by atoms with E-state index in [2.05, 4.69) is 221 Å². The van der Waals surface area contributed by atoms with Gasteiger partial charge < -0.3 is 9.80 Å². The van der Waals surface area contributed by atoms with Crippen LogP contribution in [0.2, 0.25) is 0 Å². The zero-order valence-corrected chi connectivity index (χ0v) is 34.6. The van der Waals surface area contributed by atoms with Gasteiger partial charge in [0.1, 0.15) is 0 Å². The number of hydrogen-bond acceptors (Lipinski definition) is 2. The Kier molecular flexibility index (Phi) is 6.84. The Morgan fingerprint density at radius 1 is 0.339 bits per heavy atom. The van der Waals surface area contributed by atoms with E-state index in [1.165, 1.54) is 105 Å². The van der Waals surface area contributed by atoms with Gasteiger partial charge in [0.2, 0.25) is 0 Å². The molecule has 0 N–H and O–H groups in total. The molecule has 2 heteroatoms. The summed E-state index contributed by atoms with van der Waals surface area (Å²) in [6.45, 7) is 14.6. The third-order valence-electron chi connectivity index (χ3n) is 14.3. The molecule has 3 heterocycles. The first-order valence-electron chi connectivity index (χ1n) is 21.1. The van der Waals surface area contributed by atoms with E-state index < -0.39 is 0 Å². The largest absolute Gasteiger partial charge is 0.309 e. The maximum atomic E-state index is 2.66. The molecular formula is C57H46N2. The van der Waals surface area contributed by atoms with Gasteiger partial charge in [-0.25, -0.2) is 0 Å². The molecule has 0 saturated carbocycles. The van der Waals surface area contributed by atoms with E-state index in [-0.39, 0.29) is 16.2 Å². The van der Waals surface area contributed by atoms with Crippen LogP contribution in [0.5, 0.6) is 0 Å². The normalized spacial score (nSPS) is 16.0. The minimum atomic E-state index is -0.184. The molecule has 0 bridgehead atoms. The van der Waals surface area contributed by atoms with Crippen LogP contribution in [0.15, 0.2) is 170 Å². The van der Waals surface area contributed by atoms with Gasteiger partial charge in [-0.15, -0.1) is 0 Å². The van der Waals surface area contributed by atoms with Crippen molar-refractivity contribution in [1.29, 1.82) is 0 Å². The fourth-order valence-corrected chi connectivity index (χ4v) is 11.1. The topological polar surface area (TPSA) is 6.48 Å². The molecule has 0 spiro atoms. The van der Waals surface area contributed by atoms with Crippen LogP contribution in [-0.2, 0) is 16.2 Å². The van der Waals surface area contributed by atoms with Crippen LogP contribution in [0.3, 0.4) is 0 Å². The van der Waals surface area contributed by atoms with Crippen LogP contribution < -0.4 is 9.80 Å². The zero-order valence-electron chi connectivity index (χ0n) is 34.6. The molecule has 3 aliphatic rings. The first-order valence-corrected chi connectivity index (χ1v) is 21.1. The van der Waals surface area contributed by atoms with E-state index in [1.54, 1.807) is 0 Å². The number of rotatable bonds is 4. The molecule has 0 unspecified atom stereocenters. The van der Waals surface area contributed by atoms with Crippen LogP contribution in [0.1, 0.15) is 74.9 Å². The highest BCUT2D eigenvalue weighted by Crippen LogP contribution is 2.66. The number of nitrogens with zero attached hydrogens (tertiary/aromatic N) is 2. The van der Waals surface area contributed by atoms with Crippen molar-refractivity contribution < 1.29 is 0 Å². The Hall–Kier alpha value is -6.64. The van der Waals surface area contributed by atoms with E-state index in [0.717, 1.165) is 5.69 Å². The molecule has 12 rings (SSSR count). The first kappa shape index (κ1) is 34.4. The van der Waals surface area contributed by atoms with Gasteiger partial charge in [-0.05, 0) is 109 Å². The highest BCUT2D eigenvalue weighted by atomic mass is 15.2. The number of hydrogen-bond donors (Lipinski definition) is 0. The summed E-state index contributed by atoms with van der Waals surface area (Å²) in [6, 6.07) is 63.9. The Labute approximate surface area is 347 Å².